The molecule has 0 aromatic carbocycles. The molecule has 5 fully saturated rings. The first-order valence-electron chi connectivity index (χ1n) is 10.5. The van der Waals surface area contributed by atoms with Crippen molar-refractivity contribution < 1.29 is 9.53 Å². The summed E-state index contributed by atoms with van der Waals surface area (Å²) in [6.07, 6.45) is 11.1. The first-order chi connectivity index (χ1) is 12.5. The summed E-state index contributed by atoms with van der Waals surface area (Å²) in [5.41, 5.74) is 1.35. The highest BCUT2D eigenvalue weighted by Gasteiger charge is 2.51. The molecule has 0 aliphatic heterocycles. The Kier molecular flexibility index (Phi) is 5.34. The molecular formula is C21H31BrN2O2S. The van der Waals surface area contributed by atoms with Crippen LogP contribution in [0.5, 0.6) is 0 Å². The van der Waals surface area contributed by atoms with Gasteiger partial charge < -0.3 is 9.30 Å². The van der Waals surface area contributed by atoms with E-state index in [1.807, 2.05) is 6.92 Å². The zero-order chi connectivity index (χ0) is 17.9. The van der Waals surface area contributed by atoms with Crippen molar-refractivity contribution in [3.05, 3.63) is 15.4 Å². The zero-order valence-corrected chi connectivity index (χ0v) is 18.9. The third-order valence-electron chi connectivity index (χ3n) is 7.02. The van der Waals surface area contributed by atoms with Crippen LogP contribution < -0.4 is 4.80 Å². The average molecular weight is 455 g/mol. The molecule has 4 nitrogen and oxygen atoms in total. The Morgan fingerprint density at radius 1 is 1.19 bits per heavy atom. The topological polar surface area (TPSA) is 43.6 Å². The maximum atomic E-state index is 12.1. The quantitative estimate of drug-likeness (QED) is 0.602. The lowest BCUT2D eigenvalue weighted by atomic mass is 9.53. The van der Waals surface area contributed by atoms with Gasteiger partial charge in [0.2, 0.25) is 0 Å². The van der Waals surface area contributed by atoms with Gasteiger partial charge in [0.15, 0.2) is 4.80 Å². The SMILES string of the molecule is Br.CCOC(=O)Cc1c(C)sc(=NC23CC4CC(CC(C4)C2)C3)n1C1CC1. The molecule has 5 aliphatic rings. The smallest absolute Gasteiger partial charge is 0.311 e. The molecule has 5 aliphatic carbocycles. The Labute approximate surface area is 176 Å². The van der Waals surface area contributed by atoms with Crippen LogP contribution in [0.3, 0.4) is 0 Å². The lowest BCUT2D eigenvalue weighted by Gasteiger charge is -2.54. The molecule has 0 atom stereocenters. The number of nitrogens with zero attached hydrogens (tertiary/aromatic N) is 2. The van der Waals surface area contributed by atoms with Crippen molar-refractivity contribution in [3.63, 3.8) is 0 Å². The van der Waals surface area contributed by atoms with Crippen LogP contribution in [0, 0.1) is 24.7 Å². The van der Waals surface area contributed by atoms with Crippen LogP contribution in [-0.2, 0) is 16.0 Å². The van der Waals surface area contributed by atoms with Gasteiger partial charge in [0, 0.05) is 16.6 Å². The Hall–Kier alpha value is -0.620. The molecule has 0 radical (unpaired) electrons. The predicted octanol–water partition coefficient (Wildman–Crippen LogP) is 4.75. The lowest BCUT2D eigenvalue weighted by Crippen LogP contribution is -2.50. The van der Waals surface area contributed by atoms with E-state index >= 15 is 0 Å². The molecule has 1 heterocycles. The normalized spacial score (nSPS) is 34.6. The van der Waals surface area contributed by atoms with Crippen LogP contribution >= 0.6 is 28.3 Å². The van der Waals surface area contributed by atoms with E-state index in [2.05, 4.69) is 11.5 Å². The molecular weight excluding hydrogens is 424 g/mol. The van der Waals surface area contributed by atoms with E-state index in [0.29, 0.717) is 19.1 Å². The van der Waals surface area contributed by atoms with Gasteiger partial charge in [-0.05, 0) is 83.0 Å². The van der Waals surface area contributed by atoms with Crippen molar-refractivity contribution in [1.29, 1.82) is 0 Å². The molecule has 1 aromatic rings. The van der Waals surface area contributed by atoms with Gasteiger partial charge in [-0.15, -0.1) is 28.3 Å². The summed E-state index contributed by atoms with van der Waals surface area (Å²) >= 11 is 1.81. The van der Waals surface area contributed by atoms with Gasteiger partial charge in [-0.3, -0.25) is 9.79 Å². The largest absolute Gasteiger partial charge is 0.466 e. The summed E-state index contributed by atoms with van der Waals surface area (Å²) in [6.45, 7) is 4.48. The first-order valence-corrected chi connectivity index (χ1v) is 11.3. The number of esters is 1. The zero-order valence-electron chi connectivity index (χ0n) is 16.4. The van der Waals surface area contributed by atoms with Gasteiger partial charge in [-0.1, -0.05) is 0 Å². The summed E-state index contributed by atoms with van der Waals surface area (Å²) in [4.78, 5) is 20.0. The van der Waals surface area contributed by atoms with Gasteiger partial charge in [-0.2, -0.15) is 0 Å². The summed E-state index contributed by atoms with van der Waals surface area (Å²) < 4.78 is 7.63. The number of rotatable bonds is 5. The van der Waals surface area contributed by atoms with Gasteiger partial charge in [0.05, 0.1) is 18.6 Å². The number of ether oxygens (including phenoxy) is 1. The van der Waals surface area contributed by atoms with Crippen LogP contribution in [0.15, 0.2) is 4.99 Å². The van der Waals surface area contributed by atoms with Gasteiger partial charge >= 0.3 is 5.97 Å². The highest BCUT2D eigenvalue weighted by Crippen LogP contribution is 2.57. The van der Waals surface area contributed by atoms with E-state index in [0.717, 1.165) is 23.4 Å². The van der Waals surface area contributed by atoms with Crippen LogP contribution in [0.4, 0.5) is 0 Å². The molecule has 0 unspecified atom stereocenters. The molecule has 0 spiro atoms. The summed E-state index contributed by atoms with van der Waals surface area (Å²) in [5.74, 6) is 2.64. The monoisotopic (exact) mass is 454 g/mol. The van der Waals surface area contributed by atoms with E-state index < -0.39 is 0 Å². The maximum absolute atomic E-state index is 12.1. The fraction of sp³-hybridized carbons (Fsp3) is 0.810. The van der Waals surface area contributed by atoms with Gasteiger partial charge in [0.1, 0.15) is 0 Å². The molecule has 6 rings (SSSR count). The van der Waals surface area contributed by atoms with Crippen LogP contribution in [0.2, 0.25) is 0 Å². The number of thiazole rings is 1. The van der Waals surface area contributed by atoms with E-state index in [4.69, 9.17) is 9.73 Å². The van der Waals surface area contributed by atoms with Crippen LogP contribution in [0.1, 0.15) is 74.9 Å². The second-order valence-electron chi connectivity index (χ2n) is 9.22. The summed E-state index contributed by atoms with van der Waals surface area (Å²) in [5, 5.41) is 0. The Morgan fingerprint density at radius 3 is 2.30 bits per heavy atom. The van der Waals surface area contributed by atoms with Crippen LogP contribution in [-0.4, -0.2) is 22.7 Å². The predicted molar refractivity (Wildman–Crippen MR) is 112 cm³/mol. The number of hydrogen-bond donors (Lipinski definition) is 0. The Morgan fingerprint density at radius 2 is 1.78 bits per heavy atom. The molecule has 6 heteroatoms. The van der Waals surface area contributed by atoms with Crippen molar-refractivity contribution in [1.82, 2.24) is 4.57 Å². The van der Waals surface area contributed by atoms with Gasteiger partial charge in [-0.25, -0.2) is 0 Å². The fourth-order valence-electron chi connectivity index (χ4n) is 6.28. The summed E-state index contributed by atoms with van der Waals surface area (Å²) in [7, 11) is 0. The minimum atomic E-state index is -0.107. The third kappa shape index (κ3) is 3.68. The van der Waals surface area contributed by atoms with Crippen molar-refractivity contribution in [3.8, 4) is 0 Å². The number of aromatic nitrogens is 1. The van der Waals surface area contributed by atoms with Crippen molar-refractivity contribution in [2.45, 2.75) is 83.2 Å². The fourth-order valence-corrected chi connectivity index (χ4v) is 7.44. The van der Waals surface area contributed by atoms with Crippen LogP contribution in [0.25, 0.3) is 0 Å². The number of carbonyl (C=O) groups excluding carboxylic acids is 1. The average Bonchev–Trinajstić information content (AvgIpc) is 3.33. The minimum Gasteiger partial charge on any atom is -0.466 e. The van der Waals surface area contributed by atoms with Crippen molar-refractivity contribution in [2.24, 2.45) is 22.7 Å². The Balaban J connectivity index is 0.00000180. The van der Waals surface area contributed by atoms with E-state index in [9.17, 15) is 4.79 Å². The Bertz CT molecular complexity index is 757. The molecule has 0 saturated heterocycles. The first kappa shape index (κ1) is 19.7. The molecule has 5 saturated carbocycles. The third-order valence-corrected chi connectivity index (χ3v) is 8.03. The maximum Gasteiger partial charge on any atom is 0.311 e. The molecule has 27 heavy (non-hydrogen) atoms. The van der Waals surface area contributed by atoms with Gasteiger partial charge in [0.25, 0.3) is 0 Å². The van der Waals surface area contributed by atoms with Crippen molar-refractivity contribution in [2.75, 3.05) is 6.61 Å². The van der Waals surface area contributed by atoms with E-state index in [-0.39, 0.29) is 28.5 Å². The van der Waals surface area contributed by atoms with E-state index in [1.165, 1.54) is 61.0 Å². The van der Waals surface area contributed by atoms with E-state index in [1.54, 1.807) is 11.3 Å². The number of halogens is 1. The minimum absolute atomic E-state index is 0. The highest BCUT2D eigenvalue weighted by molar-refractivity contribution is 8.93. The summed E-state index contributed by atoms with van der Waals surface area (Å²) in [6, 6.07) is 0.553. The second-order valence-corrected chi connectivity index (χ2v) is 10.4. The molecule has 150 valence electrons. The number of aryl methyl sites for hydroxylation is 1. The number of carbonyl (C=O) groups is 1. The molecule has 0 N–H and O–H groups in total. The molecule has 1 aromatic heterocycles. The molecule has 0 amide bonds. The van der Waals surface area contributed by atoms with Crippen molar-refractivity contribution >= 4 is 34.3 Å². The second kappa shape index (κ2) is 7.33. The lowest BCUT2D eigenvalue weighted by molar-refractivity contribution is -0.142. The highest BCUT2D eigenvalue weighted by atomic mass is 79.9. The molecule has 4 bridgehead atoms. The standard InChI is InChI=1S/C21H30N2O2S.BrH/c1-3-25-19(24)9-18-13(2)26-20(23(18)17-4-5-17)22-21-10-14-6-15(11-21)8-16(7-14)12-21;/h14-17H,3-12H2,1-2H3;1H. The number of hydrogen-bond acceptors (Lipinski definition) is 4.